The molecular weight excluding hydrogens is 504 g/mol. The number of fused-ring (bicyclic) bond motifs is 2. The number of carbonyl (C=O) groups excluding carboxylic acids is 4. The number of nitrogens with zero attached hydrogens (tertiary/aromatic N) is 3. The van der Waals surface area contributed by atoms with E-state index in [-0.39, 0.29) is 42.6 Å². The highest BCUT2D eigenvalue weighted by Crippen LogP contribution is 2.33. The predicted octanol–water partition coefficient (Wildman–Crippen LogP) is 2.72. The van der Waals surface area contributed by atoms with Crippen molar-refractivity contribution in [2.24, 2.45) is 0 Å². The van der Waals surface area contributed by atoms with E-state index in [1.165, 1.54) is 12.0 Å². The van der Waals surface area contributed by atoms with Gasteiger partial charge in [0.25, 0.3) is 5.95 Å². The molecule has 0 spiro atoms. The molecule has 0 aliphatic carbocycles. The van der Waals surface area contributed by atoms with Gasteiger partial charge in [-0.2, -0.15) is 0 Å². The van der Waals surface area contributed by atoms with Crippen molar-refractivity contribution in [2.45, 2.75) is 50.7 Å². The van der Waals surface area contributed by atoms with Crippen LogP contribution in [0.2, 0.25) is 0 Å². The van der Waals surface area contributed by atoms with Crippen molar-refractivity contribution in [1.29, 1.82) is 0 Å². The molecular formula is C28H30N4O7. The van der Waals surface area contributed by atoms with Gasteiger partial charge in [-0.15, -0.1) is 0 Å². The average Bonchev–Trinajstić information content (AvgIpc) is 3.63. The molecule has 0 saturated carbocycles. The first-order chi connectivity index (χ1) is 18.9. The maximum absolute atomic E-state index is 13.6. The lowest BCUT2D eigenvalue weighted by molar-refractivity contribution is -0.138. The number of hydrogen-bond donors (Lipinski definition) is 1. The van der Waals surface area contributed by atoms with Crippen molar-refractivity contribution >= 4 is 34.7 Å². The topological polar surface area (TPSA) is 131 Å². The molecule has 3 amide bonds. The molecule has 2 saturated heterocycles. The average molecular weight is 535 g/mol. The lowest BCUT2D eigenvalue weighted by Gasteiger charge is -2.28. The summed E-state index contributed by atoms with van der Waals surface area (Å²) in [6, 6.07) is 8.44. The summed E-state index contributed by atoms with van der Waals surface area (Å²) in [4.78, 5) is 59.4. The summed E-state index contributed by atoms with van der Waals surface area (Å²) in [6.07, 6.45) is 4.01. The number of ketones is 1. The molecule has 2 aliphatic rings. The predicted molar refractivity (Wildman–Crippen MR) is 139 cm³/mol. The number of rotatable bonds is 8. The number of Topliss-reactive ketones (excluding diaryl/α,β-unsaturated/α-hetero) is 1. The van der Waals surface area contributed by atoms with Crippen LogP contribution in [-0.4, -0.2) is 76.8 Å². The third-order valence-electron chi connectivity index (χ3n) is 7.17. The Kier molecular flexibility index (Phi) is 7.49. The molecule has 1 N–H and O–H groups in total. The van der Waals surface area contributed by atoms with Gasteiger partial charge in [0.05, 0.1) is 26.1 Å². The molecule has 4 heterocycles. The third-order valence-corrected chi connectivity index (χ3v) is 7.17. The van der Waals surface area contributed by atoms with Gasteiger partial charge in [-0.25, -0.2) is 4.79 Å². The summed E-state index contributed by atoms with van der Waals surface area (Å²) in [5, 5.41) is 3.33. The van der Waals surface area contributed by atoms with Crippen LogP contribution >= 0.6 is 0 Å². The first-order valence-corrected chi connectivity index (χ1v) is 13.0. The zero-order chi connectivity index (χ0) is 27.5. The van der Waals surface area contributed by atoms with Crippen molar-refractivity contribution in [3.05, 3.63) is 54.4 Å². The van der Waals surface area contributed by atoms with Crippen molar-refractivity contribution < 1.29 is 33.1 Å². The standard InChI is InChI=1S/C28H30N4O7/c1-3-6-19(30-28(36)39-24-14-18-8-4-9-22(37-2)26(18)38-24)27(35)31-12-10-20-25(31)21(33)16-32(20)23(34)13-17-7-5-11-29-15-17/h4-5,7-9,11,14-15,19-20,25H,3,6,10,12-13,16H2,1-2H3,(H,30,36). The fraction of sp³-hybridized carbons (Fsp3) is 0.393. The minimum absolute atomic E-state index is 0.0373. The van der Waals surface area contributed by atoms with Gasteiger partial charge in [-0.3, -0.25) is 19.4 Å². The van der Waals surface area contributed by atoms with E-state index in [0.717, 1.165) is 5.56 Å². The van der Waals surface area contributed by atoms with E-state index >= 15 is 0 Å². The molecule has 3 unspecified atom stereocenters. The number of aromatic nitrogens is 1. The number of ether oxygens (including phenoxy) is 2. The molecule has 5 rings (SSSR count). The molecule has 3 atom stereocenters. The van der Waals surface area contributed by atoms with Crippen molar-refractivity contribution in [3.63, 3.8) is 0 Å². The molecule has 3 aromatic rings. The van der Waals surface area contributed by atoms with Gasteiger partial charge in [-0.05, 0) is 30.5 Å². The van der Waals surface area contributed by atoms with Crippen LogP contribution in [0.5, 0.6) is 11.7 Å². The maximum atomic E-state index is 13.6. The van der Waals surface area contributed by atoms with E-state index in [9.17, 15) is 19.2 Å². The molecule has 39 heavy (non-hydrogen) atoms. The molecule has 2 aromatic heterocycles. The second-order valence-corrected chi connectivity index (χ2v) is 9.68. The fourth-order valence-electron chi connectivity index (χ4n) is 5.40. The summed E-state index contributed by atoms with van der Waals surface area (Å²) < 4.78 is 16.2. The molecule has 11 nitrogen and oxygen atoms in total. The number of nitrogens with one attached hydrogen (secondary N) is 1. The van der Waals surface area contributed by atoms with Crippen LogP contribution in [0.4, 0.5) is 4.79 Å². The number of benzene rings is 1. The highest BCUT2D eigenvalue weighted by molar-refractivity contribution is 5.99. The second-order valence-electron chi connectivity index (χ2n) is 9.68. The minimum atomic E-state index is -0.895. The lowest BCUT2D eigenvalue weighted by Crippen LogP contribution is -2.53. The molecule has 0 bridgehead atoms. The van der Waals surface area contributed by atoms with E-state index in [0.29, 0.717) is 42.5 Å². The number of methoxy groups -OCH3 is 1. The number of furan rings is 1. The SMILES string of the molecule is CCCC(NC(=O)Oc1cc2cccc(OC)c2o1)C(=O)N1CCC2C1C(=O)CN2C(=O)Cc1cccnc1. The van der Waals surface area contributed by atoms with Crippen LogP contribution in [0.3, 0.4) is 0 Å². The number of amides is 3. The summed E-state index contributed by atoms with van der Waals surface area (Å²) in [6.45, 7) is 2.17. The molecule has 2 fully saturated rings. The molecule has 0 radical (unpaired) electrons. The van der Waals surface area contributed by atoms with E-state index < -0.39 is 18.2 Å². The van der Waals surface area contributed by atoms with Crippen LogP contribution in [0, 0.1) is 0 Å². The van der Waals surface area contributed by atoms with E-state index in [1.54, 1.807) is 47.6 Å². The zero-order valence-corrected chi connectivity index (χ0v) is 21.8. The van der Waals surface area contributed by atoms with Crippen LogP contribution < -0.4 is 14.8 Å². The van der Waals surface area contributed by atoms with Crippen molar-refractivity contribution in [2.75, 3.05) is 20.2 Å². The zero-order valence-electron chi connectivity index (χ0n) is 21.8. The first kappa shape index (κ1) is 26.2. The Hall–Kier alpha value is -4.41. The normalized spacial score (nSPS) is 19.2. The van der Waals surface area contributed by atoms with Crippen LogP contribution in [0.25, 0.3) is 11.0 Å². The number of hydrogen-bond acceptors (Lipinski definition) is 8. The van der Waals surface area contributed by atoms with Gasteiger partial charge in [0, 0.05) is 30.4 Å². The van der Waals surface area contributed by atoms with Crippen molar-refractivity contribution in [3.8, 4) is 11.7 Å². The molecule has 204 valence electrons. The summed E-state index contributed by atoms with van der Waals surface area (Å²) in [7, 11) is 1.51. The number of para-hydroxylation sites is 1. The van der Waals surface area contributed by atoms with Crippen molar-refractivity contribution in [1.82, 2.24) is 20.1 Å². The van der Waals surface area contributed by atoms with Gasteiger partial charge >= 0.3 is 6.09 Å². The minimum Gasteiger partial charge on any atom is -0.493 e. The van der Waals surface area contributed by atoms with E-state index in [1.807, 2.05) is 13.0 Å². The van der Waals surface area contributed by atoms with Crippen LogP contribution in [0.1, 0.15) is 31.7 Å². The second kappa shape index (κ2) is 11.1. The lowest BCUT2D eigenvalue weighted by atomic mass is 10.1. The maximum Gasteiger partial charge on any atom is 0.415 e. The smallest absolute Gasteiger partial charge is 0.415 e. The molecule has 11 heteroatoms. The Morgan fingerprint density at radius 2 is 2.05 bits per heavy atom. The highest BCUT2D eigenvalue weighted by Gasteiger charge is 2.52. The van der Waals surface area contributed by atoms with Gasteiger partial charge in [0.1, 0.15) is 12.1 Å². The first-order valence-electron chi connectivity index (χ1n) is 13.0. The molecule has 2 aliphatic heterocycles. The Morgan fingerprint density at radius 1 is 1.21 bits per heavy atom. The van der Waals surface area contributed by atoms with Gasteiger partial charge < -0.3 is 29.0 Å². The monoisotopic (exact) mass is 534 g/mol. The van der Waals surface area contributed by atoms with E-state index in [2.05, 4.69) is 10.3 Å². The Labute approximate surface area is 225 Å². The Morgan fingerprint density at radius 3 is 2.79 bits per heavy atom. The van der Waals surface area contributed by atoms with Gasteiger partial charge in [-0.1, -0.05) is 31.5 Å². The number of pyridine rings is 1. The Bertz CT molecular complexity index is 1390. The number of likely N-dealkylation sites (tertiary alicyclic amines) is 2. The van der Waals surface area contributed by atoms with Crippen LogP contribution in [0.15, 0.2) is 53.2 Å². The quantitative estimate of drug-likeness (QED) is 0.467. The van der Waals surface area contributed by atoms with Gasteiger partial charge in [0.15, 0.2) is 17.1 Å². The number of carbonyl (C=O) groups is 4. The molecule has 1 aromatic carbocycles. The van der Waals surface area contributed by atoms with Gasteiger partial charge in [0.2, 0.25) is 11.8 Å². The summed E-state index contributed by atoms with van der Waals surface area (Å²) >= 11 is 0. The fourth-order valence-corrected chi connectivity index (χ4v) is 5.40. The highest BCUT2D eigenvalue weighted by atomic mass is 16.6. The largest absolute Gasteiger partial charge is 0.493 e. The third kappa shape index (κ3) is 5.29. The summed E-state index contributed by atoms with van der Waals surface area (Å²) in [5.41, 5.74) is 1.20. The van der Waals surface area contributed by atoms with Crippen LogP contribution in [-0.2, 0) is 20.8 Å². The Balaban J connectivity index is 1.25. The summed E-state index contributed by atoms with van der Waals surface area (Å²) in [5.74, 6) is -0.265. The van der Waals surface area contributed by atoms with E-state index in [4.69, 9.17) is 13.9 Å².